The van der Waals surface area contributed by atoms with Crippen LogP contribution in [-0.4, -0.2) is 99.3 Å². The molecule has 7 heterocycles. The number of aryl methyl sites for hydroxylation is 2. The monoisotopic (exact) mass is 1010 g/mol. The lowest BCUT2D eigenvalue weighted by atomic mass is 9.89. The SMILES string of the molecule is Cn1nc(C2CCC(=O)NC2=O)c2ccc(N3CCC(CCN4CCC(Cc5ccc(OCCCc6ccc(N7CCc8cccc(C(=O)Nc9nc%10ccccc%10s9)c8C7)nc6C(=O)O)cc5)CC4)CC3)cc21. The Morgan fingerprint density at radius 1 is 0.838 bits per heavy atom. The molecular weight excluding hydrogens is 951 g/mol. The summed E-state index contributed by atoms with van der Waals surface area (Å²) >= 11 is 1.44. The Hall–Kier alpha value is -7.17. The number of imide groups is 1. The van der Waals surface area contributed by atoms with Gasteiger partial charge in [-0.3, -0.25) is 29.7 Å². The van der Waals surface area contributed by atoms with Gasteiger partial charge in [-0.1, -0.05) is 53.8 Å². The number of carboxylic acid groups (broad SMARTS) is 1. The number of pyridine rings is 1. The minimum atomic E-state index is -1.06. The number of nitrogens with zero attached hydrogens (tertiary/aromatic N) is 7. The lowest BCUT2D eigenvalue weighted by molar-refractivity contribution is -0.134. The zero-order valence-electron chi connectivity index (χ0n) is 41.9. The number of carbonyl (C=O) groups excluding carboxylic acids is 3. The molecule has 382 valence electrons. The highest BCUT2D eigenvalue weighted by atomic mass is 32.1. The van der Waals surface area contributed by atoms with Crippen molar-refractivity contribution in [2.75, 3.05) is 61.0 Å². The van der Waals surface area contributed by atoms with Crippen molar-refractivity contribution in [2.24, 2.45) is 18.9 Å². The standard InChI is InChI=1S/C58H63N9O6S/c1-64-49-35-42(14-17-45(49)54(63-64)46-18-20-52(68)61-56(46)70)66-30-24-37(25-31-66)21-27-65-28-22-39(23-29-65)34-38-11-15-43(16-12-38)73-33-5-7-41-13-19-51(60-53(41)57(71)72)67-32-26-40-6-4-8-44(47(40)36-67)55(69)62-58-59-48-9-2-3-10-50(48)74-58/h2-4,6,8-17,19,35,37,39,46H,5,7,18,20-34,36H2,1H3,(H,71,72)(H,59,62,69)(H,61,68,70). The van der Waals surface area contributed by atoms with Gasteiger partial charge in [0.25, 0.3) is 5.91 Å². The van der Waals surface area contributed by atoms with E-state index in [1.807, 2.05) is 71.2 Å². The number of amides is 3. The Morgan fingerprint density at radius 2 is 1.65 bits per heavy atom. The Morgan fingerprint density at radius 3 is 2.45 bits per heavy atom. The van der Waals surface area contributed by atoms with E-state index < -0.39 is 11.9 Å². The number of carbonyl (C=O) groups is 4. The largest absolute Gasteiger partial charge is 0.494 e. The van der Waals surface area contributed by atoms with Crippen LogP contribution < -0.4 is 25.2 Å². The number of likely N-dealkylation sites (tertiary alicyclic amines) is 1. The van der Waals surface area contributed by atoms with Gasteiger partial charge >= 0.3 is 5.97 Å². The van der Waals surface area contributed by atoms with Gasteiger partial charge in [-0.25, -0.2) is 14.8 Å². The second-order valence-corrected chi connectivity index (χ2v) is 21.6. The van der Waals surface area contributed by atoms with Crippen molar-refractivity contribution >= 4 is 72.8 Å². The molecule has 1 atom stereocenters. The van der Waals surface area contributed by atoms with Crippen molar-refractivity contribution < 1.29 is 29.0 Å². The third kappa shape index (κ3) is 10.9. The summed E-state index contributed by atoms with van der Waals surface area (Å²) in [6, 6.07) is 32.3. The van der Waals surface area contributed by atoms with Gasteiger partial charge in [-0.05, 0) is 173 Å². The van der Waals surface area contributed by atoms with E-state index in [1.165, 1.54) is 54.7 Å². The van der Waals surface area contributed by atoms with E-state index in [0.29, 0.717) is 79.8 Å². The van der Waals surface area contributed by atoms with E-state index in [0.717, 1.165) is 88.8 Å². The number of carboxylic acids is 1. The van der Waals surface area contributed by atoms with E-state index in [-0.39, 0.29) is 23.4 Å². The van der Waals surface area contributed by atoms with Crippen molar-refractivity contribution in [1.82, 2.24) is 30.0 Å². The number of nitrogens with one attached hydrogen (secondary N) is 2. The molecule has 0 spiro atoms. The summed E-state index contributed by atoms with van der Waals surface area (Å²) in [5.74, 6) is 0.663. The molecule has 0 aliphatic carbocycles. The van der Waals surface area contributed by atoms with Crippen LogP contribution in [0.25, 0.3) is 21.1 Å². The molecule has 0 saturated carbocycles. The average Bonchev–Trinajstić information content (AvgIpc) is 3.99. The first kappa shape index (κ1) is 49.1. The number of hydrogen-bond acceptors (Lipinski definition) is 12. The third-order valence-electron chi connectivity index (χ3n) is 15.8. The van der Waals surface area contributed by atoms with Gasteiger partial charge in [0.2, 0.25) is 11.8 Å². The number of ether oxygens (including phenoxy) is 1. The first-order valence-electron chi connectivity index (χ1n) is 26.3. The van der Waals surface area contributed by atoms with Crippen LogP contribution in [0.15, 0.2) is 97.1 Å². The number of hydrogen-bond donors (Lipinski definition) is 3. The number of anilines is 3. The summed E-state index contributed by atoms with van der Waals surface area (Å²) in [5, 5.41) is 22.0. The fourth-order valence-corrected chi connectivity index (χ4v) is 12.4. The molecule has 4 aliphatic heterocycles. The van der Waals surface area contributed by atoms with E-state index >= 15 is 0 Å². The molecule has 0 radical (unpaired) electrons. The molecule has 1 unspecified atom stereocenters. The fourth-order valence-electron chi connectivity index (χ4n) is 11.6. The number of fused-ring (bicyclic) bond motifs is 3. The minimum absolute atomic E-state index is 0.0464. The van der Waals surface area contributed by atoms with Gasteiger partial charge in [0.05, 0.1) is 34.0 Å². The highest BCUT2D eigenvalue weighted by molar-refractivity contribution is 7.22. The Kier molecular flexibility index (Phi) is 14.4. The van der Waals surface area contributed by atoms with E-state index in [9.17, 15) is 24.3 Å². The van der Waals surface area contributed by atoms with Crippen molar-refractivity contribution in [3.63, 3.8) is 0 Å². The van der Waals surface area contributed by atoms with Gasteiger partial charge in [-0.15, -0.1) is 0 Å². The normalized spacial score (nSPS) is 17.9. The topological polar surface area (TPSA) is 175 Å². The molecule has 4 aromatic carbocycles. The number of para-hydroxylation sites is 1. The maximum absolute atomic E-state index is 13.6. The first-order valence-corrected chi connectivity index (χ1v) is 27.2. The Labute approximate surface area is 434 Å². The molecule has 11 rings (SSSR count). The summed E-state index contributed by atoms with van der Waals surface area (Å²) in [5.41, 5.74) is 8.45. The predicted octanol–water partition coefficient (Wildman–Crippen LogP) is 9.18. The van der Waals surface area contributed by atoms with Gasteiger partial charge in [0.15, 0.2) is 10.8 Å². The van der Waals surface area contributed by atoms with Crippen LogP contribution in [0.3, 0.4) is 0 Å². The summed E-state index contributed by atoms with van der Waals surface area (Å²) in [6.07, 6.45) is 9.83. The van der Waals surface area contributed by atoms with Gasteiger partial charge in [0.1, 0.15) is 11.6 Å². The second kappa shape index (κ2) is 21.7. The van der Waals surface area contributed by atoms with E-state index in [2.05, 4.69) is 72.9 Å². The number of piperidine rings is 3. The lowest BCUT2D eigenvalue weighted by Crippen LogP contribution is -2.39. The quantitative estimate of drug-likeness (QED) is 0.0620. The molecule has 3 fully saturated rings. The van der Waals surface area contributed by atoms with Gasteiger partial charge in [-0.2, -0.15) is 5.10 Å². The van der Waals surface area contributed by atoms with Crippen LogP contribution in [0.5, 0.6) is 5.75 Å². The molecule has 15 nitrogen and oxygen atoms in total. The average molecular weight is 1010 g/mol. The van der Waals surface area contributed by atoms with Crippen LogP contribution in [0, 0.1) is 11.8 Å². The van der Waals surface area contributed by atoms with Crippen LogP contribution >= 0.6 is 11.3 Å². The summed E-state index contributed by atoms with van der Waals surface area (Å²) in [6.45, 7) is 7.10. The molecule has 4 aliphatic rings. The molecule has 3 saturated heterocycles. The molecule has 3 N–H and O–H groups in total. The minimum Gasteiger partial charge on any atom is -0.494 e. The number of aromatic nitrogens is 4. The van der Waals surface area contributed by atoms with E-state index in [4.69, 9.17) is 9.84 Å². The first-order chi connectivity index (χ1) is 36.1. The van der Waals surface area contributed by atoms with Gasteiger partial charge in [0, 0.05) is 56.3 Å². The van der Waals surface area contributed by atoms with Crippen molar-refractivity contribution in [2.45, 2.75) is 83.1 Å². The summed E-state index contributed by atoms with van der Waals surface area (Å²) < 4.78 is 9.00. The molecule has 16 heteroatoms. The highest BCUT2D eigenvalue weighted by Gasteiger charge is 2.32. The Bertz CT molecular complexity index is 3180. The fraction of sp³-hybridized carbons (Fsp3) is 0.397. The lowest BCUT2D eigenvalue weighted by Gasteiger charge is -2.36. The van der Waals surface area contributed by atoms with Crippen LogP contribution in [0.2, 0.25) is 0 Å². The van der Waals surface area contributed by atoms with Crippen molar-refractivity contribution in [1.29, 1.82) is 0 Å². The molecule has 3 aromatic heterocycles. The maximum atomic E-state index is 13.6. The Balaban J connectivity index is 0.596. The molecule has 0 bridgehead atoms. The summed E-state index contributed by atoms with van der Waals surface area (Å²) in [4.78, 5) is 66.8. The molecule has 7 aromatic rings. The number of benzene rings is 4. The third-order valence-corrected chi connectivity index (χ3v) is 16.8. The number of rotatable bonds is 16. The predicted molar refractivity (Wildman–Crippen MR) is 288 cm³/mol. The number of aromatic carboxylic acids is 1. The smallest absolute Gasteiger partial charge is 0.354 e. The van der Waals surface area contributed by atoms with Crippen molar-refractivity contribution in [3.05, 3.63) is 136 Å². The number of thiazole rings is 1. The summed E-state index contributed by atoms with van der Waals surface area (Å²) in [7, 11) is 1.93. The van der Waals surface area contributed by atoms with E-state index in [1.54, 1.807) is 0 Å². The zero-order chi connectivity index (χ0) is 50.7. The van der Waals surface area contributed by atoms with Crippen LogP contribution in [-0.2, 0) is 42.4 Å². The van der Waals surface area contributed by atoms with Crippen LogP contribution in [0.4, 0.5) is 16.6 Å². The molecular formula is C58H63N9O6S. The molecule has 74 heavy (non-hydrogen) atoms. The van der Waals surface area contributed by atoms with Crippen LogP contribution in [0.1, 0.15) is 106 Å². The molecule has 3 amide bonds. The van der Waals surface area contributed by atoms with Crippen molar-refractivity contribution in [3.8, 4) is 5.75 Å². The maximum Gasteiger partial charge on any atom is 0.354 e. The van der Waals surface area contributed by atoms with Gasteiger partial charge < -0.3 is 24.5 Å². The highest BCUT2D eigenvalue weighted by Crippen LogP contribution is 2.35. The second-order valence-electron chi connectivity index (χ2n) is 20.6. The zero-order valence-corrected chi connectivity index (χ0v) is 42.7.